The van der Waals surface area contributed by atoms with Gasteiger partial charge in [0, 0.05) is 33.8 Å². The highest BCUT2D eigenvalue weighted by Crippen LogP contribution is 2.36. The minimum Gasteiger partial charge on any atom is -0.281 e. The summed E-state index contributed by atoms with van der Waals surface area (Å²) in [4.78, 5) is 21.7. The van der Waals surface area contributed by atoms with E-state index in [-0.39, 0.29) is 5.12 Å². The van der Waals surface area contributed by atoms with Crippen molar-refractivity contribution in [2.24, 2.45) is 0 Å². The van der Waals surface area contributed by atoms with Crippen molar-refractivity contribution in [1.82, 2.24) is 9.97 Å². The lowest BCUT2D eigenvalue weighted by Crippen LogP contribution is -1.83. The molecular formula is C14H9ClN2OS3. The molecule has 21 heavy (non-hydrogen) atoms. The number of aryl methyl sites for hydroxylation is 1. The average molecular weight is 353 g/mol. The third kappa shape index (κ3) is 2.89. The Morgan fingerprint density at radius 2 is 2.19 bits per heavy atom. The van der Waals surface area contributed by atoms with Gasteiger partial charge in [0.05, 0.1) is 15.6 Å². The van der Waals surface area contributed by atoms with Gasteiger partial charge in [-0.05, 0) is 19.1 Å². The molecular weight excluding hydrogens is 344 g/mol. The largest absolute Gasteiger partial charge is 0.281 e. The van der Waals surface area contributed by atoms with Crippen LogP contribution in [-0.4, -0.2) is 15.1 Å². The van der Waals surface area contributed by atoms with Crippen LogP contribution in [0.2, 0.25) is 5.02 Å². The molecule has 3 nitrogen and oxygen atoms in total. The van der Waals surface area contributed by atoms with E-state index in [1.807, 2.05) is 18.4 Å². The van der Waals surface area contributed by atoms with Crippen LogP contribution in [0.25, 0.3) is 21.8 Å². The molecule has 0 aromatic carbocycles. The molecule has 0 N–H and O–H groups in total. The van der Waals surface area contributed by atoms with Crippen LogP contribution in [0.4, 0.5) is 0 Å². The van der Waals surface area contributed by atoms with E-state index < -0.39 is 0 Å². The van der Waals surface area contributed by atoms with Crippen LogP contribution < -0.4 is 0 Å². The predicted octanol–water partition coefficient (Wildman–Crippen LogP) is 4.97. The fourth-order valence-corrected chi connectivity index (χ4v) is 4.11. The van der Waals surface area contributed by atoms with Crippen LogP contribution in [0.3, 0.4) is 0 Å². The van der Waals surface area contributed by atoms with Gasteiger partial charge in [-0.1, -0.05) is 24.2 Å². The van der Waals surface area contributed by atoms with Crippen LogP contribution in [-0.2, 0) is 0 Å². The minimum absolute atomic E-state index is 0.221. The number of thiazole rings is 1. The van der Waals surface area contributed by atoms with E-state index in [0.717, 1.165) is 26.7 Å². The summed E-state index contributed by atoms with van der Waals surface area (Å²) >= 11 is 13.0. The lowest BCUT2D eigenvalue weighted by Gasteiger charge is -1.98. The molecule has 3 rings (SSSR count). The number of pyridine rings is 1. The number of rotatable bonds is 3. The monoisotopic (exact) mass is 352 g/mol. The Labute approximate surface area is 140 Å². The van der Waals surface area contributed by atoms with Crippen LogP contribution >= 0.6 is 46.9 Å². The Hall–Kier alpha value is -1.21. The zero-order chi connectivity index (χ0) is 15.0. The second kappa shape index (κ2) is 5.88. The van der Waals surface area contributed by atoms with Gasteiger partial charge < -0.3 is 0 Å². The lowest BCUT2D eigenvalue weighted by molar-refractivity contribution is 0.109. The van der Waals surface area contributed by atoms with Crippen LogP contribution in [0.1, 0.15) is 14.5 Å². The van der Waals surface area contributed by atoms with Gasteiger partial charge in [-0.2, -0.15) is 0 Å². The summed E-state index contributed by atoms with van der Waals surface area (Å²) in [6.07, 6.45) is 3.34. The Kier molecular flexibility index (Phi) is 4.12. The fraction of sp³-hybridized carbons (Fsp3) is 0.0714. The number of thiophene rings is 1. The number of hydrogen-bond acceptors (Lipinski definition) is 5. The smallest absolute Gasteiger partial charge is 0.226 e. The Bertz CT molecular complexity index is 825. The van der Waals surface area contributed by atoms with E-state index in [2.05, 4.69) is 22.6 Å². The Balaban J connectivity index is 2.03. The molecule has 0 unspecified atom stereocenters. The molecule has 0 radical (unpaired) electrons. The van der Waals surface area contributed by atoms with Crippen molar-refractivity contribution in [1.29, 1.82) is 0 Å². The van der Waals surface area contributed by atoms with Crippen molar-refractivity contribution in [3.8, 4) is 21.8 Å². The third-order valence-corrected chi connectivity index (χ3v) is 5.55. The molecule has 7 heteroatoms. The fourth-order valence-electron chi connectivity index (χ4n) is 1.89. The number of carbonyl (C=O) groups excluding carboxylic acids is 1. The zero-order valence-electron chi connectivity index (χ0n) is 10.8. The Morgan fingerprint density at radius 3 is 2.86 bits per heavy atom. The first-order valence-corrected chi connectivity index (χ1v) is 8.48. The van der Waals surface area contributed by atoms with Crippen LogP contribution in [0, 0.1) is 6.92 Å². The molecule has 3 aromatic rings. The van der Waals surface area contributed by atoms with Crippen LogP contribution in [0.15, 0.2) is 29.9 Å². The standard InChI is InChI=1S/C14H9ClN2OS3/c1-7-8(4-12(21-7)14(18)19)13-17-11(6-20-13)9-5-16-3-2-10(9)15/h2-6H,1H3,(H,18,19). The topological polar surface area (TPSA) is 42.9 Å². The van der Waals surface area contributed by atoms with Gasteiger partial charge in [-0.15, -0.1) is 22.7 Å². The highest BCUT2D eigenvalue weighted by atomic mass is 35.5. The van der Waals surface area contributed by atoms with E-state index in [4.69, 9.17) is 11.6 Å². The van der Waals surface area contributed by atoms with E-state index in [1.165, 1.54) is 22.7 Å². The number of hydrogen-bond donors (Lipinski definition) is 1. The van der Waals surface area contributed by atoms with Crippen molar-refractivity contribution in [2.45, 2.75) is 6.92 Å². The molecule has 0 saturated carbocycles. The molecule has 3 aromatic heterocycles. The van der Waals surface area contributed by atoms with Gasteiger partial charge in [-0.3, -0.25) is 9.78 Å². The quantitative estimate of drug-likeness (QED) is 0.677. The summed E-state index contributed by atoms with van der Waals surface area (Å²) in [6.45, 7) is 1.97. The van der Waals surface area contributed by atoms with Crippen molar-refractivity contribution < 1.29 is 4.79 Å². The van der Waals surface area contributed by atoms with Gasteiger partial charge in [0.25, 0.3) is 0 Å². The molecule has 0 spiro atoms. The molecule has 0 bridgehead atoms. The summed E-state index contributed by atoms with van der Waals surface area (Å²) in [5.41, 5.74) is 2.56. The van der Waals surface area contributed by atoms with Gasteiger partial charge in [-0.25, -0.2) is 4.98 Å². The van der Waals surface area contributed by atoms with Gasteiger partial charge in [0.15, 0.2) is 0 Å². The first-order chi connectivity index (χ1) is 10.1. The first kappa shape index (κ1) is 14.7. The SMILES string of the molecule is Cc1sc(C(=O)S)cc1-c1nc(-c2cnccc2Cl)cs1. The lowest BCUT2D eigenvalue weighted by atomic mass is 10.2. The summed E-state index contributed by atoms with van der Waals surface area (Å²) in [5.74, 6) is 0. The summed E-state index contributed by atoms with van der Waals surface area (Å²) in [7, 11) is 0. The van der Waals surface area contributed by atoms with E-state index in [9.17, 15) is 4.79 Å². The number of aromatic nitrogens is 2. The molecule has 0 fully saturated rings. The highest BCUT2D eigenvalue weighted by Gasteiger charge is 2.15. The maximum atomic E-state index is 11.3. The van der Waals surface area contributed by atoms with E-state index in [1.54, 1.807) is 18.5 Å². The predicted molar refractivity (Wildman–Crippen MR) is 91.7 cm³/mol. The minimum atomic E-state index is -0.221. The molecule has 3 heterocycles. The van der Waals surface area contributed by atoms with Crippen LogP contribution in [0.5, 0.6) is 0 Å². The highest BCUT2D eigenvalue weighted by molar-refractivity contribution is 7.97. The molecule has 0 atom stereocenters. The molecule has 0 amide bonds. The maximum Gasteiger partial charge on any atom is 0.226 e. The Morgan fingerprint density at radius 1 is 1.38 bits per heavy atom. The second-order valence-electron chi connectivity index (χ2n) is 4.28. The number of halogens is 1. The van der Waals surface area contributed by atoms with Gasteiger partial charge in [0.1, 0.15) is 5.01 Å². The van der Waals surface area contributed by atoms with Crippen molar-refractivity contribution in [3.05, 3.63) is 44.7 Å². The number of carbonyl (C=O) groups is 1. The zero-order valence-corrected chi connectivity index (χ0v) is 14.1. The first-order valence-electron chi connectivity index (χ1n) is 5.96. The molecule has 0 aliphatic rings. The third-order valence-electron chi connectivity index (χ3n) is 2.91. The summed E-state index contributed by atoms with van der Waals surface area (Å²) < 4.78 is 0. The number of thiol groups is 1. The molecule has 106 valence electrons. The molecule has 0 aliphatic carbocycles. The van der Waals surface area contributed by atoms with Crippen molar-refractivity contribution in [3.63, 3.8) is 0 Å². The summed E-state index contributed by atoms with van der Waals surface area (Å²) in [6, 6.07) is 3.58. The molecule has 0 aliphatic heterocycles. The van der Waals surface area contributed by atoms with E-state index in [0.29, 0.717) is 9.90 Å². The van der Waals surface area contributed by atoms with Gasteiger partial charge in [0.2, 0.25) is 5.12 Å². The summed E-state index contributed by atoms with van der Waals surface area (Å²) in [5, 5.41) is 3.20. The number of nitrogens with zero attached hydrogens (tertiary/aromatic N) is 2. The van der Waals surface area contributed by atoms with Crippen molar-refractivity contribution >= 4 is 52.0 Å². The van der Waals surface area contributed by atoms with Gasteiger partial charge >= 0.3 is 0 Å². The average Bonchev–Trinajstić information content (AvgIpc) is 3.05. The second-order valence-corrected chi connectivity index (χ2v) is 7.21. The normalized spacial score (nSPS) is 10.8. The maximum absolute atomic E-state index is 11.3. The van der Waals surface area contributed by atoms with E-state index >= 15 is 0 Å². The molecule has 0 saturated heterocycles. The van der Waals surface area contributed by atoms with Crippen molar-refractivity contribution in [2.75, 3.05) is 0 Å².